The Hall–Kier alpha value is -2.63. The molecule has 132 valence electrons. The molecule has 2 heterocycles. The lowest BCUT2D eigenvalue weighted by molar-refractivity contribution is -0.151. The third-order valence-corrected chi connectivity index (χ3v) is 5.12. The van der Waals surface area contributed by atoms with Crippen molar-refractivity contribution in [1.29, 1.82) is 0 Å². The summed E-state index contributed by atoms with van der Waals surface area (Å²) in [5, 5.41) is 9.77. The molecule has 0 spiro atoms. The van der Waals surface area contributed by atoms with Gasteiger partial charge in [-0.15, -0.1) is 0 Å². The fourth-order valence-corrected chi connectivity index (χ4v) is 3.55. The number of aryl methyl sites for hydroxylation is 1. The predicted octanol–water partition coefficient (Wildman–Crippen LogP) is 3.51. The molecule has 0 bridgehead atoms. The van der Waals surface area contributed by atoms with Crippen LogP contribution in [0, 0.1) is 6.92 Å². The van der Waals surface area contributed by atoms with E-state index >= 15 is 0 Å². The summed E-state index contributed by atoms with van der Waals surface area (Å²) in [6, 6.07) is 6.99. The van der Waals surface area contributed by atoms with E-state index in [2.05, 4.69) is 4.98 Å². The highest BCUT2D eigenvalue weighted by molar-refractivity contribution is 5.98. The molecule has 0 atom stereocenters. The van der Waals surface area contributed by atoms with Crippen molar-refractivity contribution in [1.82, 2.24) is 9.88 Å². The zero-order valence-corrected chi connectivity index (χ0v) is 14.5. The van der Waals surface area contributed by atoms with E-state index in [9.17, 15) is 14.7 Å². The topological polar surface area (TPSA) is 83.6 Å². The van der Waals surface area contributed by atoms with Crippen molar-refractivity contribution in [3.63, 3.8) is 0 Å². The van der Waals surface area contributed by atoms with Gasteiger partial charge in [0.2, 0.25) is 0 Å². The molecule has 1 fully saturated rings. The molecule has 0 aliphatic heterocycles. The average molecular weight is 342 g/mol. The number of hydrogen-bond donors (Lipinski definition) is 1. The minimum absolute atomic E-state index is 0.305. The average Bonchev–Trinajstić information content (AvgIpc) is 3.15. The molecule has 6 heteroatoms. The Balaban J connectivity index is 1.90. The Labute approximate surface area is 146 Å². The Kier molecular flexibility index (Phi) is 4.61. The van der Waals surface area contributed by atoms with Crippen molar-refractivity contribution in [2.45, 2.75) is 44.6 Å². The molecule has 0 unspecified atom stereocenters. The first kappa shape index (κ1) is 17.2. The van der Waals surface area contributed by atoms with E-state index in [1.807, 2.05) is 0 Å². The second-order valence-corrected chi connectivity index (χ2v) is 6.57. The standard InChI is InChI=1S/C19H22N2O4/c1-13-14(8-9-15(20-13)16-7-6-12-25-16)17(22)21(2)19(18(23)24)10-4-3-5-11-19/h6-9,12H,3-5,10-11H2,1-2H3,(H,23,24). The summed E-state index contributed by atoms with van der Waals surface area (Å²) in [7, 11) is 1.58. The maximum atomic E-state index is 13.0. The zero-order valence-electron chi connectivity index (χ0n) is 14.5. The van der Waals surface area contributed by atoms with Crippen LogP contribution in [0.25, 0.3) is 11.5 Å². The van der Waals surface area contributed by atoms with Crippen LogP contribution in [0.5, 0.6) is 0 Å². The van der Waals surface area contributed by atoms with Crippen molar-refractivity contribution in [2.75, 3.05) is 7.05 Å². The van der Waals surface area contributed by atoms with E-state index in [0.717, 1.165) is 19.3 Å². The van der Waals surface area contributed by atoms with Gasteiger partial charge in [0, 0.05) is 7.05 Å². The summed E-state index contributed by atoms with van der Waals surface area (Å²) >= 11 is 0. The second kappa shape index (κ2) is 6.70. The highest BCUT2D eigenvalue weighted by Crippen LogP contribution is 2.34. The number of aromatic nitrogens is 1. The van der Waals surface area contributed by atoms with Gasteiger partial charge < -0.3 is 14.4 Å². The van der Waals surface area contributed by atoms with Crippen LogP contribution in [-0.4, -0.2) is 39.5 Å². The fraction of sp³-hybridized carbons (Fsp3) is 0.421. The number of carboxylic acids is 1. The lowest BCUT2D eigenvalue weighted by atomic mass is 9.80. The number of carbonyl (C=O) groups is 2. The SMILES string of the molecule is Cc1nc(-c2ccco2)ccc1C(=O)N(C)C1(C(=O)O)CCCCC1. The van der Waals surface area contributed by atoms with E-state index in [0.29, 0.717) is 35.6 Å². The molecular formula is C19H22N2O4. The number of carbonyl (C=O) groups excluding carboxylic acids is 1. The van der Waals surface area contributed by atoms with Gasteiger partial charge in [0.15, 0.2) is 5.76 Å². The van der Waals surface area contributed by atoms with Gasteiger partial charge in [0.25, 0.3) is 5.91 Å². The van der Waals surface area contributed by atoms with E-state index in [-0.39, 0.29) is 5.91 Å². The highest BCUT2D eigenvalue weighted by Gasteiger charge is 2.45. The van der Waals surface area contributed by atoms with Crippen LogP contribution >= 0.6 is 0 Å². The van der Waals surface area contributed by atoms with Crippen LogP contribution < -0.4 is 0 Å². The molecule has 1 aliphatic rings. The van der Waals surface area contributed by atoms with E-state index < -0.39 is 11.5 Å². The first-order valence-electron chi connectivity index (χ1n) is 8.49. The molecule has 1 saturated carbocycles. The van der Waals surface area contributed by atoms with Crippen molar-refractivity contribution in [2.24, 2.45) is 0 Å². The Morgan fingerprint density at radius 3 is 2.48 bits per heavy atom. The number of carboxylic acid groups (broad SMARTS) is 1. The second-order valence-electron chi connectivity index (χ2n) is 6.57. The molecule has 2 aromatic rings. The van der Waals surface area contributed by atoms with Gasteiger partial charge in [-0.05, 0) is 44.0 Å². The minimum Gasteiger partial charge on any atom is -0.479 e. The van der Waals surface area contributed by atoms with Crippen molar-refractivity contribution in [3.8, 4) is 11.5 Å². The Morgan fingerprint density at radius 1 is 1.20 bits per heavy atom. The summed E-state index contributed by atoms with van der Waals surface area (Å²) in [5.41, 5.74) is 0.500. The zero-order chi connectivity index (χ0) is 18.0. The number of furan rings is 1. The smallest absolute Gasteiger partial charge is 0.329 e. The number of nitrogens with zero attached hydrogens (tertiary/aromatic N) is 2. The summed E-state index contributed by atoms with van der Waals surface area (Å²) in [6.07, 6.45) is 5.19. The lowest BCUT2D eigenvalue weighted by Crippen LogP contribution is -2.56. The van der Waals surface area contributed by atoms with Crippen LogP contribution in [0.4, 0.5) is 0 Å². The molecule has 0 aromatic carbocycles. The molecule has 1 N–H and O–H groups in total. The molecular weight excluding hydrogens is 320 g/mol. The monoisotopic (exact) mass is 342 g/mol. The van der Waals surface area contributed by atoms with Gasteiger partial charge in [-0.1, -0.05) is 19.3 Å². The Morgan fingerprint density at radius 2 is 1.92 bits per heavy atom. The van der Waals surface area contributed by atoms with Crippen molar-refractivity contribution >= 4 is 11.9 Å². The maximum absolute atomic E-state index is 13.0. The number of pyridine rings is 1. The number of rotatable bonds is 4. The van der Waals surface area contributed by atoms with Gasteiger partial charge in [-0.2, -0.15) is 0 Å². The molecule has 3 rings (SSSR count). The molecule has 2 aromatic heterocycles. The minimum atomic E-state index is -1.12. The highest BCUT2D eigenvalue weighted by atomic mass is 16.4. The van der Waals surface area contributed by atoms with Crippen molar-refractivity contribution in [3.05, 3.63) is 41.8 Å². The third-order valence-electron chi connectivity index (χ3n) is 5.12. The number of likely N-dealkylation sites (N-methyl/N-ethyl adjacent to an activating group) is 1. The lowest BCUT2D eigenvalue weighted by Gasteiger charge is -2.41. The first-order valence-corrected chi connectivity index (χ1v) is 8.49. The van der Waals surface area contributed by atoms with Crippen LogP contribution in [0.2, 0.25) is 0 Å². The van der Waals surface area contributed by atoms with E-state index in [1.54, 1.807) is 44.5 Å². The number of hydrogen-bond acceptors (Lipinski definition) is 4. The number of aliphatic carboxylic acids is 1. The molecule has 1 amide bonds. The maximum Gasteiger partial charge on any atom is 0.329 e. The van der Waals surface area contributed by atoms with Gasteiger partial charge >= 0.3 is 5.97 Å². The van der Waals surface area contributed by atoms with Gasteiger partial charge in [0.05, 0.1) is 17.5 Å². The van der Waals surface area contributed by atoms with Crippen LogP contribution in [-0.2, 0) is 4.79 Å². The van der Waals surface area contributed by atoms with Gasteiger partial charge in [-0.25, -0.2) is 9.78 Å². The largest absolute Gasteiger partial charge is 0.479 e. The Bertz CT molecular complexity index is 777. The van der Waals surface area contributed by atoms with Crippen LogP contribution in [0.15, 0.2) is 34.9 Å². The number of amides is 1. The molecule has 0 radical (unpaired) electrons. The summed E-state index contributed by atoms with van der Waals surface area (Å²) in [4.78, 5) is 30.7. The van der Waals surface area contributed by atoms with Crippen LogP contribution in [0.3, 0.4) is 0 Å². The summed E-state index contributed by atoms with van der Waals surface area (Å²) in [5.74, 6) is -0.606. The van der Waals surface area contributed by atoms with Crippen LogP contribution in [0.1, 0.15) is 48.2 Å². The third kappa shape index (κ3) is 3.04. The van der Waals surface area contributed by atoms with Gasteiger partial charge in [-0.3, -0.25) is 4.79 Å². The summed E-state index contributed by atoms with van der Waals surface area (Å²) < 4.78 is 5.33. The fourth-order valence-electron chi connectivity index (χ4n) is 3.55. The van der Waals surface area contributed by atoms with E-state index in [4.69, 9.17) is 4.42 Å². The molecule has 25 heavy (non-hydrogen) atoms. The molecule has 1 aliphatic carbocycles. The first-order chi connectivity index (χ1) is 12.0. The summed E-state index contributed by atoms with van der Waals surface area (Å²) in [6.45, 7) is 1.75. The normalized spacial score (nSPS) is 16.4. The van der Waals surface area contributed by atoms with E-state index in [1.165, 1.54) is 4.90 Å². The predicted molar refractivity (Wildman–Crippen MR) is 92.2 cm³/mol. The van der Waals surface area contributed by atoms with Crippen molar-refractivity contribution < 1.29 is 19.1 Å². The molecule has 6 nitrogen and oxygen atoms in total. The quantitative estimate of drug-likeness (QED) is 0.919. The molecule has 0 saturated heterocycles. The van der Waals surface area contributed by atoms with Gasteiger partial charge in [0.1, 0.15) is 11.2 Å².